The second kappa shape index (κ2) is 9.05. The number of methoxy groups -OCH3 is 1. The van der Waals surface area contributed by atoms with Gasteiger partial charge in [-0.3, -0.25) is 0 Å². The van der Waals surface area contributed by atoms with Crippen LogP contribution >= 0.6 is 11.6 Å². The molecule has 0 bridgehead atoms. The SMILES string of the molecule is COc1cc2ncnc(Nc3cccc(Cl)c3F)c2cc1OCC1CCCN1S(C)(=O)=O. The van der Waals surface area contributed by atoms with Gasteiger partial charge < -0.3 is 14.8 Å². The molecule has 1 aliphatic rings. The minimum Gasteiger partial charge on any atom is -0.493 e. The second-order valence-corrected chi connectivity index (χ2v) is 9.79. The van der Waals surface area contributed by atoms with Crippen LogP contribution in [-0.4, -0.2) is 55.3 Å². The maximum absolute atomic E-state index is 14.4. The highest BCUT2D eigenvalue weighted by Gasteiger charge is 2.32. The highest BCUT2D eigenvalue weighted by Crippen LogP contribution is 2.36. The van der Waals surface area contributed by atoms with Gasteiger partial charge in [-0.15, -0.1) is 0 Å². The van der Waals surface area contributed by atoms with Crippen LogP contribution in [0.15, 0.2) is 36.7 Å². The zero-order chi connectivity index (χ0) is 22.9. The fourth-order valence-electron chi connectivity index (χ4n) is 3.76. The average Bonchev–Trinajstić information content (AvgIpc) is 3.24. The fraction of sp³-hybridized carbons (Fsp3) is 0.333. The van der Waals surface area contributed by atoms with Gasteiger partial charge in [0.1, 0.15) is 18.8 Å². The normalized spacial score (nSPS) is 16.9. The minimum absolute atomic E-state index is 0.00829. The van der Waals surface area contributed by atoms with Crippen LogP contribution in [0.4, 0.5) is 15.9 Å². The molecule has 32 heavy (non-hydrogen) atoms. The van der Waals surface area contributed by atoms with Crippen LogP contribution in [0.1, 0.15) is 12.8 Å². The van der Waals surface area contributed by atoms with Crippen LogP contribution in [0, 0.1) is 5.82 Å². The van der Waals surface area contributed by atoms with Crippen molar-refractivity contribution in [1.82, 2.24) is 14.3 Å². The molecule has 0 spiro atoms. The lowest BCUT2D eigenvalue weighted by Crippen LogP contribution is -2.38. The van der Waals surface area contributed by atoms with Crippen molar-refractivity contribution in [3.8, 4) is 11.5 Å². The summed E-state index contributed by atoms with van der Waals surface area (Å²) in [6.07, 6.45) is 4.05. The van der Waals surface area contributed by atoms with Gasteiger partial charge in [0.25, 0.3) is 0 Å². The first kappa shape index (κ1) is 22.5. The molecule has 1 aromatic heterocycles. The Balaban J connectivity index is 1.66. The predicted octanol–water partition coefficient (Wildman–Crippen LogP) is 3.98. The Morgan fingerprint density at radius 1 is 1.28 bits per heavy atom. The highest BCUT2D eigenvalue weighted by atomic mass is 35.5. The molecule has 2 heterocycles. The highest BCUT2D eigenvalue weighted by molar-refractivity contribution is 7.88. The first-order valence-corrected chi connectivity index (χ1v) is 12.1. The Hall–Kier alpha value is -2.69. The fourth-order valence-corrected chi connectivity index (χ4v) is 5.11. The number of aromatic nitrogens is 2. The summed E-state index contributed by atoms with van der Waals surface area (Å²) >= 11 is 5.88. The van der Waals surface area contributed by atoms with Crippen LogP contribution in [0.25, 0.3) is 10.9 Å². The number of hydrogen-bond acceptors (Lipinski definition) is 7. The topological polar surface area (TPSA) is 93.7 Å². The molecule has 1 fully saturated rings. The van der Waals surface area contributed by atoms with Gasteiger partial charge in [0.15, 0.2) is 17.3 Å². The number of halogens is 2. The third kappa shape index (κ3) is 4.57. The summed E-state index contributed by atoms with van der Waals surface area (Å²) in [6, 6.07) is 7.77. The van der Waals surface area contributed by atoms with Crippen molar-refractivity contribution in [1.29, 1.82) is 0 Å². The number of hydrogen-bond donors (Lipinski definition) is 1. The van der Waals surface area contributed by atoms with Crippen LogP contribution < -0.4 is 14.8 Å². The number of benzene rings is 2. The molecule has 1 saturated heterocycles. The Labute approximate surface area is 190 Å². The molecule has 170 valence electrons. The number of rotatable bonds is 7. The molecule has 8 nitrogen and oxygen atoms in total. The lowest BCUT2D eigenvalue weighted by Gasteiger charge is -2.23. The summed E-state index contributed by atoms with van der Waals surface area (Å²) in [5.74, 6) is 0.625. The summed E-state index contributed by atoms with van der Waals surface area (Å²) in [5.41, 5.74) is 0.735. The van der Waals surface area contributed by atoms with Gasteiger partial charge in [0, 0.05) is 18.0 Å². The maximum atomic E-state index is 14.4. The van der Waals surface area contributed by atoms with Gasteiger partial charge >= 0.3 is 0 Å². The standard InChI is InChI=1S/C21H22ClFN4O4S/c1-30-18-10-17-14(9-19(18)31-11-13-5-4-8-27(13)32(2,28)29)21(25-12-24-17)26-16-7-3-6-15(22)20(16)23/h3,6-7,9-10,12-13H,4-5,8,11H2,1-2H3,(H,24,25,26). The molecule has 1 N–H and O–H groups in total. The Kier molecular flexibility index (Phi) is 6.36. The average molecular weight is 481 g/mol. The van der Waals surface area contributed by atoms with Crippen LogP contribution in [0.2, 0.25) is 5.02 Å². The van der Waals surface area contributed by atoms with Gasteiger partial charge in [-0.25, -0.2) is 22.8 Å². The molecule has 0 amide bonds. The van der Waals surface area contributed by atoms with Crippen LogP contribution in [0.3, 0.4) is 0 Å². The van der Waals surface area contributed by atoms with Crippen molar-refractivity contribution in [2.24, 2.45) is 0 Å². The van der Waals surface area contributed by atoms with E-state index in [1.165, 1.54) is 30.1 Å². The number of nitrogens with one attached hydrogen (secondary N) is 1. The predicted molar refractivity (Wildman–Crippen MR) is 121 cm³/mol. The van der Waals surface area contributed by atoms with Crippen LogP contribution in [0.5, 0.6) is 11.5 Å². The van der Waals surface area contributed by atoms with Gasteiger partial charge in [-0.05, 0) is 31.0 Å². The number of sulfonamides is 1. The third-order valence-electron chi connectivity index (χ3n) is 5.31. The summed E-state index contributed by atoms with van der Waals surface area (Å²) in [7, 11) is -1.80. The zero-order valence-corrected chi connectivity index (χ0v) is 19.1. The monoisotopic (exact) mass is 480 g/mol. The molecule has 4 rings (SSSR count). The summed E-state index contributed by atoms with van der Waals surface area (Å²) in [4.78, 5) is 8.50. The molecular weight excluding hydrogens is 459 g/mol. The van der Waals surface area contributed by atoms with Crippen LogP contribution in [-0.2, 0) is 10.0 Å². The van der Waals surface area contributed by atoms with E-state index in [0.29, 0.717) is 41.2 Å². The molecular formula is C21H22ClFN4O4S. The molecule has 11 heteroatoms. The maximum Gasteiger partial charge on any atom is 0.211 e. The van der Waals surface area contributed by atoms with Gasteiger partial charge in [0.05, 0.1) is 35.6 Å². The zero-order valence-electron chi connectivity index (χ0n) is 17.5. The molecule has 0 radical (unpaired) electrons. The molecule has 1 unspecified atom stereocenters. The summed E-state index contributed by atoms with van der Waals surface area (Å²) < 4.78 is 51.3. The van der Waals surface area contributed by atoms with Gasteiger partial charge in [-0.2, -0.15) is 4.31 Å². The molecule has 3 aromatic rings. The smallest absolute Gasteiger partial charge is 0.211 e. The van der Waals surface area contributed by atoms with E-state index in [1.54, 1.807) is 24.3 Å². The number of anilines is 2. The minimum atomic E-state index is -3.31. The second-order valence-electron chi connectivity index (χ2n) is 7.45. The van der Waals surface area contributed by atoms with Crippen molar-refractivity contribution < 1.29 is 22.3 Å². The lowest BCUT2D eigenvalue weighted by molar-refractivity contribution is 0.225. The summed E-state index contributed by atoms with van der Waals surface area (Å²) in [5, 5.41) is 3.52. The number of nitrogens with zero attached hydrogens (tertiary/aromatic N) is 3. The molecule has 2 aromatic carbocycles. The van der Waals surface area contributed by atoms with Gasteiger partial charge in [-0.1, -0.05) is 17.7 Å². The van der Waals surface area contributed by atoms with Crippen molar-refractivity contribution in [2.45, 2.75) is 18.9 Å². The van der Waals surface area contributed by atoms with Crippen molar-refractivity contribution >= 4 is 44.0 Å². The number of ether oxygens (including phenoxy) is 2. The Morgan fingerprint density at radius 2 is 2.09 bits per heavy atom. The van der Waals surface area contributed by atoms with E-state index >= 15 is 0 Å². The van der Waals surface area contributed by atoms with E-state index in [9.17, 15) is 12.8 Å². The first-order chi connectivity index (χ1) is 15.3. The Bertz CT molecular complexity index is 1260. The molecule has 1 atom stereocenters. The first-order valence-electron chi connectivity index (χ1n) is 9.91. The van der Waals surface area contributed by atoms with Crippen molar-refractivity contribution in [3.63, 3.8) is 0 Å². The van der Waals surface area contributed by atoms with E-state index < -0.39 is 15.8 Å². The molecule has 0 saturated carbocycles. The van der Waals surface area contributed by atoms with E-state index in [0.717, 1.165) is 6.42 Å². The summed E-state index contributed by atoms with van der Waals surface area (Å²) in [6.45, 7) is 0.656. The van der Waals surface area contributed by atoms with E-state index in [4.69, 9.17) is 21.1 Å². The molecule has 0 aliphatic carbocycles. The van der Waals surface area contributed by atoms with Crippen molar-refractivity contribution in [2.75, 3.05) is 31.8 Å². The Morgan fingerprint density at radius 3 is 2.84 bits per heavy atom. The third-order valence-corrected chi connectivity index (χ3v) is 6.93. The van der Waals surface area contributed by atoms with Gasteiger partial charge in [0.2, 0.25) is 10.0 Å². The lowest BCUT2D eigenvalue weighted by atomic mass is 10.2. The number of fused-ring (bicyclic) bond motifs is 1. The van der Waals surface area contributed by atoms with E-state index in [1.807, 2.05) is 0 Å². The van der Waals surface area contributed by atoms with E-state index in [2.05, 4.69) is 15.3 Å². The molecule has 1 aliphatic heterocycles. The quantitative estimate of drug-likeness (QED) is 0.546. The largest absolute Gasteiger partial charge is 0.493 e. The van der Waals surface area contributed by atoms with E-state index in [-0.39, 0.29) is 23.4 Å². The van der Waals surface area contributed by atoms with Crippen molar-refractivity contribution in [3.05, 3.63) is 47.5 Å².